The third kappa shape index (κ3) is 2.28. The number of hydrogen-bond donors (Lipinski definition) is 3. The predicted molar refractivity (Wildman–Crippen MR) is 69.7 cm³/mol. The second-order valence-electron chi connectivity index (χ2n) is 3.92. The van der Waals surface area contributed by atoms with E-state index in [9.17, 15) is 4.79 Å². The number of nitrogens with two attached hydrogens (primary N) is 1. The molecule has 6 nitrogen and oxygen atoms in total. The summed E-state index contributed by atoms with van der Waals surface area (Å²) < 4.78 is 0. The van der Waals surface area contributed by atoms with Crippen LogP contribution in [0.1, 0.15) is 21.7 Å². The first-order valence-corrected chi connectivity index (χ1v) is 5.60. The molecule has 0 saturated heterocycles. The molecule has 0 atom stereocenters. The molecule has 94 valence electrons. The zero-order valence-electron chi connectivity index (χ0n) is 9.91. The number of aryl methyl sites for hydroxylation is 2. The normalized spacial score (nSPS) is 10.4. The van der Waals surface area contributed by atoms with Crippen LogP contribution in [-0.2, 0) is 0 Å². The number of carbonyl (C=O) groups is 1. The van der Waals surface area contributed by atoms with Crippen molar-refractivity contribution in [3.05, 3.63) is 34.4 Å². The van der Waals surface area contributed by atoms with Crippen LogP contribution in [-0.4, -0.2) is 21.1 Å². The van der Waals surface area contributed by atoms with Gasteiger partial charge in [-0.25, -0.2) is 4.98 Å². The van der Waals surface area contributed by atoms with Gasteiger partial charge in [-0.15, -0.1) is 0 Å². The minimum atomic E-state index is -0.425. The summed E-state index contributed by atoms with van der Waals surface area (Å²) in [5.74, 6) is -0.425. The van der Waals surface area contributed by atoms with Gasteiger partial charge in [-0.05, 0) is 25.5 Å². The number of pyridine rings is 1. The van der Waals surface area contributed by atoms with Gasteiger partial charge < -0.3 is 11.1 Å². The molecule has 0 spiro atoms. The van der Waals surface area contributed by atoms with Gasteiger partial charge in [-0.3, -0.25) is 9.89 Å². The van der Waals surface area contributed by atoms with E-state index in [0.29, 0.717) is 17.1 Å². The van der Waals surface area contributed by atoms with Crippen molar-refractivity contribution in [2.24, 2.45) is 0 Å². The molecule has 0 fully saturated rings. The molecule has 1 amide bonds. The number of nitrogens with zero attached hydrogens (tertiary/aromatic N) is 2. The number of amides is 1. The molecule has 2 heterocycles. The summed E-state index contributed by atoms with van der Waals surface area (Å²) in [4.78, 5) is 15.9. The number of aromatic nitrogens is 3. The Morgan fingerprint density at radius 2 is 2.22 bits per heavy atom. The summed E-state index contributed by atoms with van der Waals surface area (Å²) in [5, 5.41) is 9.33. The number of nitrogen functional groups attached to an aromatic ring is 1. The molecule has 0 unspecified atom stereocenters. The van der Waals surface area contributed by atoms with Crippen molar-refractivity contribution in [3.63, 3.8) is 0 Å². The minimum Gasteiger partial charge on any atom is -0.395 e. The lowest BCUT2D eigenvalue weighted by Gasteiger charge is -2.06. The Bertz CT molecular complexity index is 607. The van der Waals surface area contributed by atoms with E-state index in [0.717, 1.165) is 5.56 Å². The quantitative estimate of drug-likeness (QED) is 0.723. The van der Waals surface area contributed by atoms with Crippen molar-refractivity contribution in [3.8, 4) is 0 Å². The summed E-state index contributed by atoms with van der Waals surface area (Å²) in [6.45, 7) is 3.59. The smallest absolute Gasteiger partial charge is 0.278 e. The molecule has 0 aliphatic carbocycles. The molecule has 0 aliphatic rings. The van der Waals surface area contributed by atoms with Crippen LogP contribution in [0.25, 0.3) is 0 Å². The van der Waals surface area contributed by atoms with Crippen molar-refractivity contribution in [2.45, 2.75) is 13.8 Å². The largest absolute Gasteiger partial charge is 0.395 e. The van der Waals surface area contributed by atoms with Crippen LogP contribution >= 0.6 is 11.6 Å². The fraction of sp³-hybridized carbons (Fsp3) is 0.182. The number of rotatable bonds is 2. The number of nitrogens with one attached hydrogen (secondary N) is 2. The van der Waals surface area contributed by atoms with Gasteiger partial charge in [0.05, 0.1) is 17.1 Å². The fourth-order valence-corrected chi connectivity index (χ4v) is 1.58. The van der Waals surface area contributed by atoms with Crippen LogP contribution in [0.2, 0.25) is 5.15 Å². The second-order valence-corrected chi connectivity index (χ2v) is 4.27. The van der Waals surface area contributed by atoms with E-state index in [2.05, 4.69) is 20.5 Å². The molecule has 0 bridgehead atoms. The number of halogens is 1. The summed E-state index contributed by atoms with van der Waals surface area (Å²) in [6, 6.07) is 1.73. The van der Waals surface area contributed by atoms with Gasteiger partial charge in [0.25, 0.3) is 5.91 Å². The number of hydrogen-bond acceptors (Lipinski definition) is 4. The lowest BCUT2D eigenvalue weighted by Crippen LogP contribution is -2.15. The van der Waals surface area contributed by atoms with E-state index in [1.54, 1.807) is 19.2 Å². The van der Waals surface area contributed by atoms with Crippen LogP contribution in [0.15, 0.2) is 12.3 Å². The van der Waals surface area contributed by atoms with Gasteiger partial charge in [0.15, 0.2) is 10.8 Å². The van der Waals surface area contributed by atoms with E-state index < -0.39 is 5.91 Å². The molecule has 7 heteroatoms. The van der Waals surface area contributed by atoms with Gasteiger partial charge in [0, 0.05) is 6.20 Å². The highest BCUT2D eigenvalue weighted by Gasteiger charge is 2.16. The van der Waals surface area contributed by atoms with Crippen LogP contribution in [0, 0.1) is 13.8 Å². The highest BCUT2D eigenvalue weighted by molar-refractivity contribution is 6.32. The first kappa shape index (κ1) is 12.4. The SMILES string of the molecule is Cc1cnc(Cl)c(NC(=O)c2n[nH]c(C)c2N)c1. The van der Waals surface area contributed by atoms with Crippen molar-refractivity contribution >= 4 is 28.9 Å². The van der Waals surface area contributed by atoms with E-state index >= 15 is 0 Å². The predicted octanol–water partition coefficient (Wildman–Crippen LogP) is 1.91. The van der Waals surface area contributed by atoms with Gasteiger partial charge in [0.2, 0.25) is 0 Å². The molecule has 0 radical (unpaired) electrons. The molecule has 2 rings (SSSR count). The Hall–Kier alpha value is -2.08. The van der Waals surface area contributed by atoms with E-state index in [4.69, 9.17) is 17.3 Å². The fourth-order valence-electron chi connectivity index (χ4n) is 1.43. The van der Waals surface area contributed by atoms with Crippen LogP contribution in [0.3, 0.4) is 0 Å². The van der Waals surface area contributed by atoms with Crippen molar-refractivity contribution in [1.82, 2.24) is 15.2 Å². The van der Waals surface area contributed by atoms with Crippen molar-refractivity contribution < 1.29 is 4.79 Å². The van der Waals surface area contributed by atoms with Gasteiger partial charge in [-0.1, -0.05) is 11.6 Å². The molecular weight excluding hydrogens is 254 g/mol. The zero-order valence-corrected chi connectivity index (χ0v) is 10.7. The molecular formula is C11H12ClN5O. The molecule has 2 aromatic rings. The summed E-state index contributed by atoms with van der Waals surface area (Å²) in [5.41, 5.74) is 8.16. The van der Waals surface area contributed by atoms with Crippen LogP contribution in [0.5, 0.6) is 0 Å². The maximum Gasteiger partial charge on any atom is 0.278 e. The van der Waals surface area contributed by atoms with Gasteiger partial charge >= 0.3 is 0 Å². The highest BCUT2D eigenvalue weighted by atomic mass is 35.5. The number of H-pyrrole nitrogens is 1. The molecule has 2 aromatic heterocycles. The van der Waals surface area contributed by atoms with Gasteiger partial charge in [-0.2, -0.15) is 5.10 Å². The molecule has 4 N–H and O–H groups in total. The highest BCUT2D eigenvalue weighted by Crippen LogP contribution is 2.21. The molecule has 0 aromatic carbocycles. The summed E-state index contributed by atoms with van der Waals surface area (Å²) in [6.07, 6.45) is 1.62. The monoisotopic (exact) mass is 265 g/mol. The lowest BCUT2D eigenvalue weighted by atomic mass is 10.2. The zero-order chi connectivity index (χ0) is 13.3. The average molecular weight is 266 g/mol. The summed E-state index contributed by atoms with van der Waals surface area (Å²) in [7, 11) is 0. The maximum absolute atomic E-state index is 12.0. The third-order valence-corrected chi connectivity index (χ3v) is 2.73. The lowest BCUT2D eigenvalue weighted by molar-refractivity contribution is 0.102. The standard InChI is InChI=1S/C11H12ClN5O/c1-5-3-7(10(12)14-4-5)15-11(18)9-8(13)6(2)16-17-9/h3-4H,13H2,1-2H3,(H,15,18)(H,16,17). The Morgan fingerprint density at radius 1 is 1.50 bits per heavy atom. The number of aromatic amines is 1. The molecule has 0 aliphatic heterocycles. The van der Waals surface area contributed by atoms with E-state index in [-0.39, 0.29) is 10.8 Å². The Balaban J connectivity index is 2.27. The van der Waals surface area contributed by atoms with Crippen molar-refractivity contribution in [1.29, 1.82) is 0 Å². The Labute approximate surface area is 109 Å². The molecule has 0 saturated carbocycles. The first-order chi connectivity index (χ1) is 8.49. The third-order valence-electron chi connectivity index (χ3n) is 2.43. The number of carbonyl (C=O) groups excluding carboxylic acids is 1. The van der Waals surface area contributed by atoms with E-state index in [1.165, 1.54) is 0 Å². The topological polar surface area (TPSA) is 96.7 Å². The van der Waals surface area contributed by atoms with Gasteiger partial charge in [0.1, 0.15) is 0 Å². The first-order valence-electron chi connectivity index (χ1n) is 5.23. The Morgan fingerprint density at radius 3 is 2.83 bits per heavy atom. The molecule has 18 heavy (non-hydrogen) atoms. The van der Waals surface area contributed by atoms with Crippen LogP contribution < -0.4 is 11.1 Å². The van der Waals surface area contributed by atoms with Crippen LogP contribution in [0.4, 0.5) is 11.4 Å². The Kier molecular flexibility index (Phi) is 3.20. The summed E-state index contributed by atoms with van der Waals surface area (Å²) >= 11 is 5.89. The maximum atomic E-state index is 12.0. The number of anilines is 2. The van der Waals surface area contributed by atoms with E-state index in [1.807, 2.05) is 6.92 Å². The average Bonchev–Trinajstić information content (AvgIpc) is 2.65. The minimum absolute atomic E-state index is 0.144. The second kappa shape index (κ2) is 4.66. The van der Waals surface area contributed by atoms with Crippen molar-refractivity contribution in [2.75, 3.05) is 11.1 Å².